The highest BCUT2D eigenvalue weighted by Gasteiger charge is 2.15. The first kappa shape index (κ1) is 21.8. The molecule has 0 aliphatic carbocycles. The molecule has 0 atom stereocenters. The number of hydrogen-bond acceptors (Lipinski definition) is 4. The number of nitrogens with one attached hydrogen (secondary N) is 1. The van der Waals surface area contributed by atoms with E-state index >= 15 is 0 Å². The standard InChI is InChI=1S/C21H20BrF2N3O3/c1-13-17(12-26-27(13)16-6-4-15(22)5-7-16)20(28)25-10-9-14-3-8-18(30-21(23)24)19(11-14)29-2/h3-8,11-12,21H,9-10H2,1-2H3,(H,25,28). The summed E-state index contributed by atoms with van der Waals surface area (Å²) in [4.78, 5) is 12.6. The number of carbonyl (C=O) groups is 1. The van der Waals surface area contributed by atoms with Gasteiger partial charge in [-0.3, -0.25) is 4.79 Å². The van der Waals surface area contributed by atoms with Crippen molar-refractivity contribution in [1.29, 1.82) is 0 Å². The van der Waals surface area contributed by atoms with E-state index < -0.39 is 6.61 Å². The Hall–Kier alpha value is -2.94. The van der Waals surface area contributed by atoms with E-state index in [-0.39, 0.29) is 17.4 Å². The Morgan fingerprint density at radius 3 is 2.60 bits per heavy atom. The van der Waals surface area contributed by atoms with Crippen LogP contribution in [0.3, 0.4) is 0 Å². The van der Waals surface area contributed by atoms with Crippen LogP contribution in [-0.4, -0.2) is 36.0 Å². The lowest BCUT2D eigenvalue weighted by Crippen LogP contribution is -2.26. The van der Waals surface area contributed by atoms with Gasteiger partial charge in [0.25, 0.3) is 5.91 Å². The van der Waals surface area contributed by atoms with Crippen molar-refractivity contribution in [1.82, 2.24) is 15.1 Å². The number of ether oxygens (including phenoxy) is 2. The summed E-state index contributed by atoms with van der Waals surface area (Å²) >= 11 is 3.39. The fraction of sp³-hybridized carbons (Fsp3) is 0.238. The molecule has 1 amide bonds. The van der Waals surface area contributed by atoms with Crippen LogP contribution in [-0.2, 0) is 6.42 Å². The Morgan fingerprint density at radius 1 is 1.20 bits per heavy atom. The van der Waals surface area contributed by atoms with E-state index in [1.54, 1.807) is 16.8 Å². The molecule has 0 bridgehead atoms. The van der Waals surface area contributed by atoms with E-state index in [0.29, 0.717) is 18.5 Å². The maximum absolute atomic E-state index is 12.6. The van der Waals surface area contributed by atoms with Crippen molar-refractivity contribution in [2.75, 3.05) is 13.7 Å². The molecule has 9 heteroatoms. The predicted molar refractivity (Wildman–Crippen MR) is 112 cm³/mol. The normalized spacial score (nSPS) is 10.9. The molecule has 0 saturated carbocycles. The Morgan fingerprint density at radius 2 is 1.93 bits per heavy atom. The molecular weight excluding hydrogens is 460 g/mol. The van der Waals surface area contributed by atoms with E-state index in [9.17, 15) is 13.6 Å². The molecule has 6 nitrogen and oxygen atoms in total. The molecule has 0 saturated heterocycles. The zero-order valence-electron chi connectivity index (χ0n) is 16.4. The molecule has 1 aromatic heterocycles. The average Bonchev–Trinajstić information content (AvgIpc) is 3.10. The van der Waals surface area contributed by atoms with Crippen molar-refractivity contribution in [3.63, 3.8) is 0 Å². The third-order valence-corrected chi connectivity index (χ3v) is 5.00. The van der Waals surface area contributed by atoms with Crippen LogP contribution in [0.2, 0.25) is 0 Å². The van der Waals surface area contributed by atoms with E-state index in [1.807, 2.05) is 31.2 Å². The zero-order chi connectivity index (χ0) is 21.7. The molecule has 1 heterocycles. The fourth-order valence-electron chi connectivity index (χ4n) is 2.95. The molecule has 0 fully saturated rings. The van der Waals surface area contributed by atoms with Crippen LogP contribution in [0.4, 0.5) is 8.78 Å². The van der Waals surface area contributed by atoms with Crippen LogP contribution in [0.5, 0.6) is 11.5 Å². The van der Waals surface area contributed by atoms with Crippen LogP contribution in [0.1, 0.15) is 21.6 Å². The molecule has 0 unspecified atom stereocenters. The van der Waals surface area contributed by atoms with Gasteiger partial charge >= 0.3 is 6.61 Å². The highest BCUT2D eigenvalue weighted by Crippen LogP contribution is 2.29. The molecule has 3 rings (SSSR count). The number of amides is 1. The highest BCUT2D eigenvalue weighted by molar-refractivity contribution is 9.10. The average molecular weight is 480 g/mol. The second-order valence-electron chi connectivity index (χ2n) is 6.40. The van der Waals surface area contributed by atoms with Crippen LogP contribution >= 0.6 is 15.9 Å². The van der Waals surface area contributed by atoms with Crippen LogP contribution in [0.15, 0.2) is 53.1 Å². The summed E-state index contributed by atoms with van der Waals surface area (Å²) in [6.45, 7) is -0.734. The van der Waals surface area contributed by atoms with Crippen molar-refractivity contribution in [2.24, 2.45) is 0 Å². The minimum Gasteiger partial charge on any atom is -0.493 e. The Kier molecular flexibility index (Phi) is 7.04. The number of alkyl halides is 2. The first-order valence-electron chi connectivity index (χ1n) is 9.09. The number of aromatic nitrogens is 2. The van der Waals surface area contributed by atoms with Gasteiger partial charge in [0.2, 0.25) is 0 Å². The number of methoxy groups -OCH3 is 1. The number of carbonyl (C=O) groups excluding carboxylic acids is 1. The van der Waals surface area contributed by atoms with Crippen molar-refractivity contribution < 1.29 is 23.0 Å². The smallest absolute Gasteiger partial charge is 0.387 e. The molecule has 1 N–H and O–H groups in total. The molecule has 2 aromatic carbocycles. The van der Waals surface area contributed by atoms with Crippen molar-refractivity contribution in [3.05, 3.63) is 70.0 Å². The van der Waals surface area contributed by atoms with Crippen LogP contribution < -0.4 is 14.8 Å². The highest BCUT2D eigenvalue weighted by atomic mass is 79.9. The van der Waals surface area contributed by atoms with Crippen molar-refractivity contribution in [2.45, 2.75) is 20.0 Å². The van der Waals surface area contributed by atoms with Gasteiger partial charge in [-0.25, -0.2) is 4.68 Å². The van der Waals surface area contributed by atoms with E-state index in [4.69, 9.17) is 4.74 Å². The maximum Gasteiger partial charge on any atom is 0.387 e. The van der Waals surface area contributed by atoms with Gasteiger partial charge in [-0.15, -0.1) is 0 Å². The first-order valence-corrected chi connectivity index (χ1v) is 9.89. The molecule has 0 aliphatic heterocycles. The summed E-state index contributed by atoms with van der Waals surface area (Å²) in [6.07, 6.45) is 2.03. The monoisotopic (exact) mass is 479 g/mol. The third-order valence-electron chi connectivity index (χ3n) is 4.47. The Bertz CT molecular complexity index is 1020. The maximum atomic E-state index is 12.6. The van der Waals surface area contributed by atoms with E-state index in [0.717, 1.165) is 21.4 Å². The molecule has 0 spiro atoms. The summed E-state index contributed by atoms with van der Waals surface area (Å²) in [5.74, 6) is -0.0532. The van der Waals surface area contributed by atoms with Gasteiger partial charge in [0.1, 0.15) is 0 Å². The van der Waals surface area contributed by atoms with Gasteiger partial charge in [0.15, 0.2) is 11.5 Å². The number of benzene rings is 2. The SMILES string of the molecule is COc1cc(CCNC(=O)c2cnn(-c3ccc(Br)cc3)c2C)ccc1OC(F)F. The molecule has 3 aromatic rings. The lowest BCUT2D eigenvalue weighted by atomic mass is 10.1. The number of hydrogen-bond donors (Lipinski definition) is 1. The summed E-state index contributed by atoms with van der Waals surface area (Å²) in [7, 11) is 1.38. The van der Waals surface area contributed by atoms with E-state index in [2.05, 4.69) is 31.1 Å². The Balaban J connectivity index is 1.62. The molecule has 30 heavy (non-hydrogen) atoms. The lowest BCUT2D eigenvalue weighted by Gasteiger charge is -2.12. The van der Waals surface area contributed by atoms with E-state index in [1.165, 1.54) is 19.4 Å². The molecule has 158 valence electrons. The van der Waals surface area contributed by atoms with Gasteiger partial charge in [-0.05, 0) is 55.3 Å². The third kappa shape index (κ3) is 5.15. The second kappa shape index (κ2) is 9.71. The van der Waals surface area contributed by atoms with Gasteiger partial charge in [-0.1, -0.05) is 22.0 Å². The predicted octanol–water partition coefficient (Wildman–Crippen LogP) is 4.53. The molecule has 0 aliphatic rings. The first-order chi connectivity index (χ1) is 14.4. The minimum atomic E-state index is -2.93. The lowest BCUT2D eigenvalue weighted by molar-refractivity contribution is -0.0512. The number of halogens is 3. The molecule has 0 radical (unpaired) electrons. The van der Waals surface area contributed by atoms with Gasteiger partial charge in [0.05, 0.1) is 30.3 Å². The Labute approximate surface area is 180 Å². The quantitative estimate of drug-likeness (QED) is 0.515. The van der Waals surface area contributed by atoms with Crippen LogP contribution in [0.25, 0.3) is 5.69 Å². The van der Waals surface area contributed by atoms with Crippen LogP contribution in [0, 0.1) is 6.92 Å². The van der Waals surface area contributed by atoms with Gasteiger partial charge in [-0.2, -0.15) is 13.9 Å². The van der Waals surface area contributed by atoms with Crippen molar-refractivity contribution >= 4 is 21.8 Å². The summed E-state index contributed by atoms with van der Waals surface area (Å²) in [5.41, 5.74) is 2.88. The largest absolute Gasteiger partial charge is 0.493 e. The summed E-state index contributed by atoms with van der Waals surface area (Å²) < 4.78 is 37.0. The summed E-state index contributed by atoms with van der Waals surface area (Å²) in [6, 6.07) is 12.3. The zero-order valence-corrected chi connectivity index (χ0v) is 17.9. The fourth-order valence-corrected chi connectivity index (χ4v) is 3.22. The molecular formula is C21H20BrF2N3O3. The van der Waals surface area contributed by atoms with Gasteiger partial charge in [0, 0.05) is 11.0 Å². The minimum absolute atomic E-state index is 0.0312. The topological polar surface area (TPSA) is 65.4 Å². The van der Waals surface area contributed by atoms with Crippen molar-refractivity contribution in [3.8, 4) is 17.2 Å². The number of nitrogens with zero attached hydrogens (tertiary/aromatic N) is 2. The van der Waals surface area contributed by atoms with Gasteiger partial charge < -0.3 is 14.8 Å². The number of rotatable bonds is 8. The summed E-state index contributed by atoms with van der Waals surface area (Å²) in [5, 5.41) is 7.16. The second-order valence-corrected chi connectivity index (χ2v) is 7.32.